The summed E-state index contributed by atoms with van der Waals surface area (Å²) in [5.41, 5.74) is 5.88. The maximum absolute atomic E-state index is 13.4. The van der Waals surface area contributed by atoms with Crippen LogP contribution in [0.1, 0.15) is 42.6 Å². The predicted molar refractivity (Wildman–Crippen MR) is 148 cm³/mol. The Morgan fingerprint density at radius 1 is 1.13 bits per heavy atom. The average molecular weight is 531 g/mol. The van der Waals surface area contributed by atoms with Gasteiger partial charge in [-0.2, -0.15) is 0 Å². The average Bonchev–Trinajstić information content (AvgIpc) is 3.49. The summed E-state index contributed by atoms with van der Waals surface area (Å²) in [5.74, 6) is -0.0674. The van der Waals surface area contributed by atoms with Crippen molar-refractivity contribution < 1.29 is 13.2 Å². The van der Waals surface area contributed by atoms with Gasteiger partial charge in [-0.25, -0.2) is 18.4 Å². The van der Waals surface area contributed by atoms with E-state index in [1.165, 1.54) is 0 Å². The number of anilines is 2. The van der Waals surface area contributed by atoms with E-state index in [4.69, 9.17) is 4.98 Å². The highest BCUT2D eigenvalue weighted by molar-refractivity contribution is 7.92. The van der Waals surface area contributed by atoms with E-state index in [0.717, 1.165) is 42.7 Å². The highest BCUT2D eigenvalue weighted by atomic mass is 32.2. The van der Waals surface area contributed by atoms with Gasteiger partial charge in [-0.15, -0.1) is 0 Å². The van der Waals surface area contributed by atoms with E-state index >= 15 is 0 Å². The van der Waals surface area contributed by atoms with Crippen molar-refractivity contribution in [2.24, 2.45) is 0 Å². The van der Waals surface area contributed by atoms with Crippen LogP contribution in [0.3, 0.4) is 0 Å². The molecule has 2 aromatic heterocycles. The molecule has 10 heteroatoms. The molecule has 2 aliphatic heterocycles. The number of aromatic amines is 1. The smallest absolute Gasteiger partial charge is 0.259 e. The Kier molecular flexibility index (Phi) is 6.16. The molecule has 0 spiro atoms. The number of amides is 1. The van der Waals surface area contributed by atoms with Crippen molar-refractivity contribution in [1.82, 2.24) is 20.3 Å². The Hall–Kier alpha value is -3.76. The van der Waals surface area contributed by atoms with Crippen molar-refractivity contribution in [2.75, 3.05) is 23.3 Å². The number of sulfone groups is 1. The summed E-state index contributed by atoms with van der Waals surface area (Å²) in [4.78, 5) is 27.8. The first-order chi connectivity index (χ1) is 18.3. The van der Waals surface area contributed by atoms with E-state index in [1.54, 1.807) is 55.4 Å². The molecule has 38 heavy (non-hydrogen) atoms. The zero-order valence-electron chi connectivity index (χ0n) is 21.4. The molecular weight excluding hydrogens is 500 g/mol. The van der Waals surface area contributed by atoms with Crippen LogP contribution in [0.5, 0.6) is 0 Å². The van der Waals surface area contributed by atoms with Crippen molar-refractivity contribution in [3.05, 3.63) is 66.0 Å². The number of carbonyl (C=O) groups excluding carboxylic acids is 1. The van der Waals surface area contributed by atoms with E-state index in [9.17, 15) is 13.2 Å². The Bertz CT molecular complexity index is 1620. The molecule has 1 saturated heterocycles. The highest BCUT2D eigenvalue weighted by Crippen LogP contribution is 2.34. The van der Waals surface area contributed by atoms with E-state index in [0.29, 0.717) is 40.7 Å². The van der Waals surface area contributed by atoms with Gasteiger partial charge in [0.05, 0.1) is 34.3 Å². The van der Waals surface area contributed by atoms with Crippen molar-refractivity contribution in [3.8, 4) is 11.3 Å². The number of piperidine rings is 1. The SMILES string of the molecule is CC(C)S(=O)(=O)c1ccc(-c2cnc3[nH]cc(N4Cc5cc(NC6CCCNC6)ccc5C4=O)c3n2)cc1. The molecule has 0 bridgehead atoms. The second-order valence-corrected chi connectivity index (χ2v) is 12.7. The molecule has 1 atom stereocenters. The molecule has 1 unspecified atom stereocenters. The lowest BCUT2D eigenvalue weighted by Gasteiger charge is -2.25. The standard InChI is InChI=1S/C28H30N6O3S/c1-17(2)38(36,37)22-8-5-18(6-9-22)24-14-30-27-26(33-24)25(15-31-27)34-16-19-12-20(7-10-23(19)28(34)35)32-21-4-3-11-29-13-21/h5-10,12,14-15,17,21,29,32H,3-4,11,13,16H2,1-2H3,(H,30,31). The summed E-state index contributed by atoms with van der Waals surface area (Å²) in [6.45, 7) is 5.79. The third-order valence-corrected chi connectivity index (χ3v) is 9.50. The predicted octanol–water partition coefficient (Wildman–Crippen LogP) is 4.13. The van der Waals surface area contributed by atoms with Gasteiger partial charge in [-0.3, -0.25) is 4.79 Å². The molecule has 2 aromatic carbocycles. The highest BCUT2D eigenvalue weighted by Gasteiger charge is 2.31. The number of hydrogen-bond acceptors (Lipinski definition) is 7. The third-order valence-electron chi connectivity index (χ3n) is 7.33. The van der Waals surface area contributed by atoms with Gasteiger partial charge in [-0.05, 0) is 69.1 Å². The van der Waals surface area contributed by atoms with Gasteiger partial charge in [0, 0.05) is 35.6 Å². The fraction of sp³-hybridized carbons (Fsp3) is 0.321. The number of rotatable bonds is 6. The van der Waals surface area contributed by atoms with Gasteiger partial charge in [0.15, 0.2) is 15.5 Å². The van der Waals surface area contributed by atoms with Crippen LogP contribution in [0.4, 0.5) is 11.4 Å². The zero-order chi connectivity index (χ0) is 26.4. The number of nitrogens with one attached hydrogen (secondary N) is 3. The maximum Gasteiger partial charge on any atom is 0.259 e. The summed E-state index contributed by atoms with van der Waals surface area (Å²) >= 11 is 0. The number of carbonyl (C=O) groups is 1. The van der Waals surface area contributed by atoms with Crippen LogP contribution in [-0.4, -0.2) is 53.7 Å². The monoisotopic (exact) mass is 530 g/mol. The Labute approximate surface area is 221 Å². The van der Waals surface area contributed by atoms with Crippen molar-refractivity contribution in [2.45, 2.75) is 49.4 Å². The molecule has 1 fully saturated rings. The number of hydrogen-bond donors (Lipinski definition) is 3. The Morgan fingerprint density at radius 3 is 2.68 bits per heavy atom. The van der Waals surface area contributed by atoms with Gasteiger partial charge >= 0.3 is 0 Å². The molecular formula is C28H30N6O3S. The van der Waals surface area contributed by atoms with Crippen molar-refractivity contribution in [3.63, 3.8) is 0 Å². The first kappa shape index (κ1) is 24.6. The van der Waals surface area contributed by atoms with Gasteiger partial charge in [-0.1, -0.05) is 12.1 Å². The maximum atomic E-state index is 13.4. The van der Waals surface area contributed by atoms with Crippen LogP contribution in [0.15, 0.2) is 59.8 Å². The second kappa shape index (κ2) is 9.52. The first-order valence-corrected chi connectivity index (χ1v) is 14.5. The normalized spacial score (nSPS) is 17.8. The summed E-state index contributed by atoms with van der Waals surface area (Å²) in [7, 11) is -3.36. The molecule has 0 saturated carbocycles. The van der Waals surface area contributed by atoms with Crippen molar-refractivity contribution >= 4 is 38.3 Å². The first-order valence-electron chi connectivity index (χ1n) is 12.9. The molecule has 4 aromatic rings. The molecule has 9 nitrogen and oxygen atoms in total. The minimum atomic E-state index is -3.36. The number of benzene rings is 2. The molecule has 2 aliphatic rings. The lowest BCUT2D eigenvalue weighted by atomic mass is 10.1. The molecule has 3 N–H and O–H groups in total. The quantitative estimate of drug-likeness (QED) is 0.343. The van der Waals surface area contributed by atoms with Crippen LogP contribution in [0.25, 0.3) is 22.4 Å². The van der Waals surface area contributed by atoms with Gasteiger partial charge in [0.2, 0.25) is 0 Å². The van der Waals surface area contributed by atoms with Crippen LogP contribution < -0.4 is 15.5 Å². The number of aromatic nitrogens is 3. The molecule has 196 valence electrons. The fourth-order valence-corrected chi connectivity index (χ4v) is 6.19. The van der Waals surface area contributed by atoms with E-state index in [-0.39, 0.29) is 10.8 Å². The topological polar surface area (TPSA) is 120 Å². The van der Waals surface area contributed by atoms with Crippen molar-refractivity contribution in [1.29, 1.82) is 0 Å². The minimum absolute atomic E-state index is 0.0674. The molecule has 0 radical (unpaired) electrons. The molecule has 0 aliphatic carbocycles. The fourth-order valence-electron chi connectivity index (χ4n) is 5.13. The lowest BCUT2D eigenvalue weighted by Crippen LogP contribution is -2.38. The van der Waals surface area contributed by atoms with Crippen LogP contribution in [-0.2, 0) is 16.4 Å². The van der Waals surface area contributed by atoms with Crippen LogP contribution >= 0.6 is 0 Å². The van der Waals surface area contributed by atoms with E-state index in [1.807, 2.05) is 12.1 Å². The summed E-state index contributed by atoms with van der Waals surface area (Å²) in [5, 5.41) is 6.51. The van der Waals surface area contributed by atoms with Gasteiger partial charge < -0.3 is 20.5 Å². The number of fused-ring (bicyclic) bond motifs is 2. The van der Waals surface area contributed by atoms with E-state index in [2.05, 4.69) is 26.7 Å². The zero-order valence-corrected chi connectivity index (χ0v) is 22.2. The third kappa shape index (κ3) is 4.33. The summed E-state index contributed by atoms with van der Waals surface area (Å²) < 4.78 is 25.0. The van der Waals surface area contributed by atoms with Crippen LogP contribution in [0.2, 0.25) is 0 Å². The van der Waals surface area contributed by atoms with Gasteiger partial charge in [0.1, 0.15) is 5.52 Å². The van der Waals surface area contributed by atoms with Crippen LogP contribution in [0, 0.1) is 0 Å². The summed E-state index contributed by atoms with van der Waals surface area (Å²) in [6.07, 6.45) is 5.69. The summed E-state index contributed by atoms with van der Waals surface area (Å²) in [6, 6.07) is 13.0. The lowest BCUT2D eigenvalue weighted by molar-refractivity contribution is 0.0997. The van der Waals surface area contributed by atoms with Gasteiger partial charge in [0.25, 0.3) is 5.91 Å². The Balaban J connectivity index is 1.27. The number of H-pyrrole nitrogens is 1. The molecule has 1 amide bonds. The molecule has 6 rings (SSSR count). The van der Waals surface area contributed by atoms with E-state index < -0.39 is 15.1 Å². The molecule has 4 heterocycles. The number of nitrogens with zero attached hydrogens (tertiary/aromatic N) is 3. The minimum Gasteiger partial charge on any atom is -0.381 e. The second-order valence-electron chi connectivity index (χ2n) is 10.2. The Morgan fingerprint density at radius 2 is 1.95 bits per heavy atom. The largest absolute Gasteiger partial charge is 0.381 e.